The third-order valence-electron chi connectivity index (χ3n) is 3.84. The molecule has 5 nitrogen and oxygen atoms in total. The highest BCUT2D eigenvalue weighted by Gasteiger charge is 2.14. The zero-order valence-electron chi connectivity index (χ0n) is 13.3. The molecule has 0 radical (unpaired) electrons. The number of amides is 2. The minimum absolute atomic E-state index is 0.0882. The Balaban J connectivity index is 1.66. The van der Waals surface area contributed by atoms with Crippen LogP contribution in [-0.4, -0.2) is 23.3 Å². The number of hydrogen-bond donors (Lipinski definition) is 2. The van der Waals surface area contributed by atoms with Gasteiger partial charge in [-0.1, -0.05) is 18.2 Å². The van der Waals surface area contributed by atoms with E-state index in [1.807, 2.05) is 30.3 Å². The lowest BCUT2D eigenvalue weighted by atomic mass is 10.1. The van der Waals surface area contributed by atoms with Crippen molar-refractivity contribution in [1.29, 1.82) is 0 Å². The molecule has 0 saturated heterocycles. The maximum absolute atomic E-state index is 13.8. The highest BCUT2D eigenvalue weighted by molar-refractivity contribution is 5.99. The molecule has 6 heteroatoms. The van der Waals surface area contributed by atoms with Gasteiger partial charge in [0.05, 0.1) is 11.1 Å². The lowest BCUT2D eigenvalue weighted by molar-refractivity contribution is 0.0950. The highest BCUT2D eigenvalue weighted by Crippen LogP contribution is 2.13. The molecule has 1 heterocycles. The van der Waals surface area contributed by atoms with Crippen molar-refractivity contribution in [2.75, 3.05) is 6.54 Å². The van der Waals surface area contributed by atoms with Gasteiger partial charge < -0.3 is 11.1 Å². The summed E-state index contributed by atoms with van der Waals surface area (Å²) in [5.41, 5.74) is 6.91. The zero-order valence-corrected chi connectivity index (χ0v) is 13.3. The molecule has 126 valence electrons. The second-order valence-electron chi connectivity index (χ2n) is 5.60. The fourth-order valence-corrected chi connectivity index (χ4v) is 2.52. The maximum atomic E-state index is 13.8. The van der Waals surface area contributed by atoms with E-state index in [1.165, 1.54) is 6.07 Å². The predicted molar refractivity (Wildman–Crippen MR) is 92.7 cm³/mol. The lowest BCUT2D eigenvalue weighted by Crippen LogP contribution is -2.27. The van der Waals surface area contributed by atoms with Gasteiger partial charge in [0, 0.05) is 23.7 Å². The molecule has 3 rings (SSSR count). The number of nitrogens with zero attached hydrogens (tertiary/aromatic N) is 1. The Hall–Kier alpha value is -3.28. The van der Waals surface area contributed by atoms with Crippen molar-refractivity contribution < 1.29 is 14.0 Å². The number of primary amides is 1. The quantitative estimate of drug-likeness (QED) is 0.750. The summed E-state index contributed by atoms with van der Waals surface area (Å²) in [5.74, 6) is -2.00. The summed E-state index contributed by atoms with van der Waals surface area (Å²) in [6.45, 7) is 0.319. The van der Waals surface area contributed by atoms with Gasteiger partial charge in [-0.05, 0) is 42.3 Å². The topological polar surface area (TPSA) is 85.1 Å². The number of nitrogens with one attached hydrogen (secondary N) is 1. The lowest BCUT2D eigenvalue weighted by Gasteiger charge is -2.08. The smallest absolute Gasteiger partial charge is 0.254 e. The van der Waals surface area contributed by atoms with E-state index in [-0.39, 0.29) is 11.1 Å². The number of carbonyl (C=O) groups is 2. The van der Waals surface area contributed by atoms with Gasteiger partial charge in [-0.2, -0.15) is 0 Å². The molecule has 3 aromatic rings. The molecule has 3 N–H and O–H groups in total. The second-order valence-corrected chi connectivity index (χ2v) is 5.60. The Labute approximate surface area is 143 Å². The molecule has 0 saturated carbocycles. The molecule has 0 bridgehead atoms. The summed E-state index contributed by atoms with van der Waals surface area (Å²) in [4.78, 5) is 27.6. The SMILES string of the molecule is NC(=O)c1ccc(F)c(C(=O)NCCc2cnc3ccccc3c2)c1. The van der Waals surface area contributed by atoms with Gasteiger partial charge in [-0.3, -0.25) is 14.6 Å². The van der Waals surface area contributed by atoms with Crippen molar-refractivity contribution >= 4 is 22.7 Å². The summed E-state index contributed by atoms with van der Waals surface area (Å²) < 4.78 is 13.8. The Morgan fingerprint density at radius 2 is 1.92 bits per heavy atom. The molecule has 0 atom stereocenters. The van der Waals surface area contributed by atoms with Crippen LogP contribution >= 0.6 is 0 Å². The maximum Gasteiger partial charge on any atom is 0.254 e. The fraction of sp³-hybridized carbons (Fsp3) is 0.105. The van der Waals surface area contributed by atoms with Crippen molar-refractivity contribution in [1.82, 2.24) is 10.3 Å². The number of benzene rings is 2. The highest BCUT2D eigenvalue weighted by atomic mass is 19.1. The molecule has 1 aromatic heterocycles. The molecule has 25 heavy (non-hydrogen) atoms. The number of fused-ring (bicyclic) bond motifs is 1. The first-order valence-corrected chi connectivity index (χ1v) is 7.76. The van der Waals surface area contributed by atoms with Gasteiger partial charge in [0.2, 0.25) is 5.91 Å². The number of aromatic nitrogens is 1. The van der Waals surface area contributed by atoms with E-state index in [0.29, 0.717) is 13.0 Å². The van der Waals surface area contributed by atoms with Gasteiger partial charge in [-0.25, -0.2) is 4.39 Å². The summed E-state index contributed by atoms with van der Waals surface area (Å²) in [6.07, 6.45) is 2.31. The van der Waals surface area contributed by atoms with E-state index in [9.17, 15) is 14.0 Å². The number of nitrogens with two attached hydrogens (primary N) is 1. The van der Waals surface area contributed by atoms with E-state index >= 15 is 0 Å². The van der Waals surface area contributed by atoms with Crippen molar-refractivity contribution in [3.63, 3.8) is 0 Å². The minimum Gasteiger partial charge on any atom is -0.366 e. The van der Waals surface area contributed by atoms with Crippen LogP contribution in [0.25, 0.3) is 10.9 Å². The third kappa shape index (κ3) is 3.80. The largest absolute Gasteiger partial charge is 0.366 e. The predicted octanol–water partition coefficient (Wildman–Crippen LogP) is 2.45. The Kier molecular flexibility index (Phi) is 4.70. The summed E-state index contributed by atoms with van der Waals surface area (Å²) in [6, 6.07) is 13.2. The monoisotopic (exact) mass is 337 g/mol. The van der Waals surface area contributed by atoms with Gasteiger partial charge in [0.1, 0.15) is 5.82 Å². The molecule has 0 aliphatic heterocycles. The standard InChI is InChI=1S/C19H16FN3O2/c20-16-6-5-14(18(21)24)10-15(16)19(25)22-8-7-12-9-13-3-1-2-4-17(13)23-11-12/h1-6,9-11H,7-8H2,(H2,21,24)(H,22,25). The molecule has 0 unspecified atom stereocenters. The number of hydrogen-bond acceptors (Lipinski definition) is 3. The van der Waals surface area contributed by atoms with Gasteiger partial charge in [0.15, 0.2) is 0 Å². The number of para-hydroxylation sites is 1. The van der Waals surface area contributed by atoms with Crippen LogP contribution in [0.3, 0.4) is 0 Å². The number of rotatable bonds is 5. The third-order valence-corrected chi connectivity index (χ3v) is 3.84. The average Bonchev–Trinajstić information content (AvgIpc) is 2.61. The molecule has 2 amide bonds. The Morgan fingerprint density at radius 3 is 2.72 bits per heavy atom. The van der Waals surface area contributed by atoms with Crippen molar-refractivity contribution in [2.24, 2.45) is 5.73 Å². The number of pyridine rings is 1. The van der Waals surface area contributed by atoms with Crippen LogP contribution in [0.15, 0.2) is 54.7 Å². The van der Waals surface area contributed by atoms with Gasteiger partial charge in [0.25, 0.3) is 5.91 Å². The fourth-order valence-electron chi connectivity index (χ4n) is 2.52. The normalized spacial score (nSPS) is 10.6. The van der Waals surface area contributed by atoms with Crippen LogP contribution in [0.4, 0.5) is 4.39 Å². The average molecular weight is 337 g/mol. The van der Waals surface area contributed by atoms with Crippen LogP contribution in [0.1, 0.15) is 26.3 Å². The van der Waals surface area contributed by atoms with E-state index in [4.69, 9.17) is 5.73 Å². The van der Waals surface area contributed by atoms with Crippen molar-refractivity contribution in [3.05, 3.63) is 77.2 Å². The van der Waals surface area contributed by atoms with E-state index in [2.05, 4.69) is 10.3 Å². The van der Waals surface area contributed by atoms with Crippen molar-refractivity contribution in [3.8, 4) is 0 Å². The van der Waals surface area contributed by atoms with Crippen LogP contribution in [0.2, 0.25) is 0 Å². The molecule has 0 spiro atoms. The molecular formula is C19H16FN3O2. The van der Waals surface area contributed by atoms with Gasteiger partial charge >= 0.3 is 0 Å². The van der Waals surface area contributed by atoms with Gasteiger partial charge in [-0.15, -0.1) is 0 Å². The summed E-state index contributed by atoms with van der Waals surface area (Å²) >= 11 is 0. The van der Waals surface area contributed by atoms with Crippen LogP contribution in [0, 0.1) is 5.82 Å². The van der Waals surface area contributed by atoms with E-state index in [0.717, 1.165) is 28.6 Å². The van der Waals surface area contributed by atoms with E-state index in [1.54, 1.807) is 6.20 Å². The first-order valence-electron chi connectivity index (χ1n) is 7.76. The molecule has 2 aromatic carbocycles. The first kappa shape index (κ1) is 16.6. The molecular weight excluding hydrogens is 321 g/mol. The molecule has 0 aliphatic rings. The van der Waals surface area contributed by atoms with E-state index < -0.39 is 17.6 Å². The Morgan fingerprint density at radius 1 is 1.12 bits per heavy atom. The van der Waals surface area contributed by atoms with Crippen molar-refractivity contribution in [2.45, 2.75) is 6.42 Å². The zero-order chi connectivity index (χ0) is 17.8. The summed E-state index contributed by atoms with van der Waals surface area (Å²) in [5, 5.41) is 3.66. The minimum atomic E-state index is -0.712. The number of halogens is 1. The molecule has 0 aliphatic carbocycles. The van der Waals surface area contributed by atoms with Crippen LogP contribution < -0.4 is 11.1 Å². The summed E-state index contributed by atoms with van der Waals surface area (Å²) in [7, 11) is 0. The Bertz CT molecular complexity index is 956. The number of carbonyl (C=O) groups excluding carboxylic acids is 2. The van der Waals surface area contributed by atoms with Crippen LogP contribution in [-0.2, 0) is 6.42 Å². The molecule has 0 fully saturated rings. The van der Waals surface area contributed by atoms with Crippen LogP contribution in [0.5, 0.6) is 0 Å². The second kappa shape index (κ2) is 7.09. The first-order chi connectivity index (χ1) is 12.0.